The molecule has 3 rings (SSSR count). The lowest BCUT2D eigenvalue weighted by atomic mass is 9.97. The van der Waals surface area contributed by atoms with Gasteiger partial charge in [-0.15, -0.1) is 11.8 Å². The van der Waals surface area contributed by atoms with Crippen molar-refractivity contribution in [1.29, 1.82) is 0 Å². The summed E-state index contributed by atoms with van der Waals surface area (Å²) in [4.78, 5) is 11.7. The van der Waals surface area contributed by atoms with Crippen molar-refractivity contribution in [2.24, 2.45) is 0 Å². The van der Waals surface area contributed by atoms with Crippen LogP contribution in [-0.2, 0) is 4.79 Å². The van der Waals surface area contributed by atoms with Crippen molar-refractivity contribution in [2.75, 3.05) is 12.4 Å². The average Bonchev–Trinajstić information content (AvgIpc) is 2.71. The second-order valence-corrected chi connectivity index (χ2v) is 8.36. The molecule has 0 unspecified atom stereocenters. The Morgan fingerprint density at radius 1 is 1.03 bits per heavy atom. The first-order valence-corrected chi connectivity index (χ1v) is 10.9. The van der Waals surface area contributed by atoms with Crippen LogP contribution in [0.25, 0.3) is 5.57 Å². The SMILES string of the molecule is Cc1cccc(C(=CCSc2ccc(OCC(=O)O)cc2Br)c2ccccc2)c1. The lowest BCUT2D eigenvalue weighted by Crippen LogP contribution is -2.09. The van der Waals surface area contributed by atoms with E-state index < -0.39 is 5.97 Å². The Labute approximate surface area is 183 Å². The maximum atomic E-state index is 10.6. The van der Waals surface area contributed by atoms with Crippen LogP contribution in [0, 0.1) is 6.92 Å². The van der Waals surface area contributed by atoms with E-state index in [0.29, 0.717) is 5.75 Å². The van der Waals surface area contributed by atoms with E-state index in [0.717, 1.165) is 15.1 Å². The predicted octanol–water partition coefficient (Wildman–Crippen LogP) is 6.44. The minimum absolute atomic E-state index is 0.349. The van der Waals surface area contributed by atoms with Gasteiger partial charge in [0, 0.05) is 15.1 Å². The summed E-state index contributed by atoms with van der Waals surface area (Å²) in [6.45, 7) is 1.75. The van der Waals surface area contributed by atoms with E-state index in [1.807, 2.05) is 12.1 Å². The maximum absolute atomic E-state index is 10.6. The van der Waals surface area contributed by atoms with Gasteiger partial charge in [0.15, 0.2) is 6.61 Å². The molecule has 1 N–H and O–H groups in total. The molecule has 0 atom stereocenters. The van der Waals surface area contributed by atoms with Gasteiger partial charge in [-0.2, -0.15) is 0 Å². The van der Waals surface area contributed by atoms with Crippen molar-refractivity contribution >= 4 is 39.2 Å². The van der Waals surface area contributed by atoms with Crippen LogP contribution >= 0.6 is 27.7 Å². The zero-order valence-electron chi connectivity index (χ0n) is 16.0. The number of aliphatic carboxylic acids is 1. The van der Waals surface area contributed by atoms with Gasteiger partial charge in [0.2, 0.25) is 0 Å². The monoisotopic (exact) mass is 468 g/mol. The van der Waals surface area contributed by atoms with Gasteiger partial charge in [0.1, 0.15) is 5.75 Å². The molecule has 0 heterocycles. The number of hydrogen-bond donors (Lipinski definition) is 1. The normalized spacial score (nSPS) is 11.3. The number of thioether (sulfide) groups is 1. The molecular formula is C24H21BrO3S. The molecule has 0 saturated carbocycles. The molecule has 3 aromatic rings. The Hall–Kier alpha value is -2.50. The Morgan fingerprint density at radius 3 is 2.48 bits per heavy atom. The number of hydrogen-bond acceptors (Lipinski definition) is 3. The molecule has 29 heavy (non-hydrogen) atoms. The molecule has 0 aliphatic heterocycles. The largest absolute Gasteiger partial charge is 0.482 e. The van der Waals surface area contributed by atoms with Gasteiger partial charge < -0.3 is 9.84 Å². The van der Waals surface area contributed by atoms with Crippen molar-refractivity contribution < 1.29 is 14.6 Å². The van der Waals surface area contributed by atoms with Gasteiger partial charge in [0.25, 0.3) is 0 Å². The van der Waals surface area contributed by atoms with Crippen LogP contribution in [-0.4, -0.2) is 23.4 Å². The number of benzene rings is 3. The van der Waals surface area contributed by atoms with Crippen molar-refractivity contribution in [1.82, 2.24) is 0 Å². The Bertz CT molecular complexity index is 1020. The first-order chi connectivity index (χ1) is 14.0. The predicted molar refractivity (Wildman–Crippen MR) is 123 cm³/mol. The summed E-state index contributed by atoms with van der Waals surface area (Å²) >= 11 is 5.26. The van der Waals surface area contributed by atoms with Crippen LogP contribution in [0.4, 0.5) is 0 Å². The number of carbonyl (C=O) groups is 1. The average molecular weight is 469 g/mol. The van der Waals surface area contributed by atoms with Crippen LogP contribution < -0.4 is 4.74 Å². The summed E-state index contributed by atoms with van der Waals surface area (Å²) in [6, 6.07) is 24.4. The van der Waals surface area contributed by atoms with Gasteiger partial charge in [-0.3, -0.25) is 0 Å². The Balaban J connectivity index is 1.77. The highest BCUT2D eigenvalue weighted by Crippen LogP contribution is 2.32. The van der Waals surface area contributed by atoms with E-state index in [1.165, 1.54) is 22.3 Å². The highest BCUT2D eigenvalue weighted by atomic mass is 79.9. The van der Waals surface area contributed by atoms with Crippen LogP contribution in [0.15, 0.2) is 88.2 Å². The molecule has 0 aliphatic rings. The van der Waals surface area contributed by atoms with E-state index in [2.05, 4.69) is 77.5 Å². The molecule has 5 heteroatoms. The van der Waals surface area contributed by atoms with E-state index in [4.69, 9.17) is 9.84 Å². The minimum atomic E-state index is -0.991. The van der Waals surface area contributed by atoms with E-state index in [9.17, 15) is 4.79 Å². The van der Waals surface area contributed by atoms with Gasteiger partial charge in [-0.25, -0.2) is 4.79 Å². The van der Waals surface area contributed by atoms with Gasteiger partial charge in [-0.05, 0) is 57.8 Å². The minimum Gasteiger partial charge on any atom is -0.482 e. The summed E-state index contributed by atoms with van der Waals surface area (Å²) in [5.74, 6) is 0.338. The molecule has 148 valence electrons. The molecule has 0 radical (unpaired) electrons. The van der Waals surface area contributed by atoms with Gasteiger partial charge >= 0.3 is 5.97 Å². The number of carboxylic acids is 1. The van der Waals surface area contributed by atoms with Crippen LogP contribution in [0.3, 0.4) is 0 Å². The molecule has 3 aromatic carbocycles. The second kappa shape index (κ2) is 10.3. The molecule has 0 fully saturated rings. The molecule has 0 aliphatic carbocycles. The fraction of sp³-hybridized carbons (Fsp3) is 0.125. The standard InChI is InChI=1S/C24H21BrO3S/c1-17-6-5-9-19(14-17)21(18-7-3-2-4-8-18)12-13-29-23-11-10-20(15-22(23)25)28-16-24(26)27/h2-12,14-15H,13,16H2,1H3,(H,26,27). The van der Waals surface area contributed by atoms with Crippen LogP contribution in [0.2, 0.25) is 0 Å². The second-order valence-electron chi connectivity index (χ2n) is 6.44. The number of ether oxygens (including phenoxy) is 1. The number of carboxylic acid groups (broad SMARTS) is 1. The third kappa shape index (κ3) is 6.24. The number of rotatable bonds is 8. The molecule has 0 bridgehead atoms. The fourth-order valence-corrected chi connectivity index (χ4v) is 4.37. The lowest BCUT2D eigenvalue weighted by Gasteiger charge is -2.11. The third-order valence-corrected chi connectivity index (χ3v) is 6.12. The summed E-state index contributed by atoms with van der Waals surface area (Å²) in [7, 11) is 0. The number of halogens is 1. The molecule has 3 nitrogen and oxygen atoms in total. The highest BCUT2D eigenvalue weighted by Gasteiger charge is 2.07. The van der Waals surface area contributed by atoms with Crippen LogP contribution in [0.1, 0.15) is 16.7 Å². The highest BCUT2D eigenvalue weighted by molar-refractivity contribution is 9.10. The van der Waals surface area contributed by atoms with Crippen molar-refractivity contribution in [3.8, 4) is 5.75 Å². The first kappa shape index (κ1) is 21.2. The zero-order valence-corrected chi connectivity index (χ0v) is 18.4. The van der Waals surface area contributed by atoms with Crippen molar-refractivity contribution in [2.45, 2.75) is 11.8 Å². The maximum Gasteiger partial charge on any atom is 0.341 e. The summed E-state index contributed by atoms with van der Waals surface area (Å²) in [6.07, 6.45) is 2.25. The topological polar surface area (TPSA) is 46.5 Å². The molecule has 0 saturated heterocycles. The number of aryl methyl sites for hydroxylation is 1. The summed E-state index contributed by atoms with van der Waals surface area (Å²) in [5.41, 5.74) is 4.83. The zero-order chi connectivity index (χ0) is 20.6. The quantitative estimate of drug-likeness (QED) is 0.386. The Kier molecular flexibility index (Phi) is 7.55. The van der Waals surface area contributed by atoms with Gasteiger partial charge in [0.05, 0.1) is 0 Å². The molecular weight excluding hydrogens is 448 g/mol. The van der Waals surface area contributed by atoms with Crippen molar-refractivity contribution in [3.63, 3.8) is 0 Å². The lowest BCUT2D eigenvalue weighted by molar-refractivity contribution is -0.139. The van der Waals surface area contributed by atoms with Gasteiger partial charge in [-0.1, -0.05) is 66.2 Å². The Morgan fingerprint density at radius 2 is 1.79 bits per heavy atom. The molecule has 0 amide bonds. The molecule has 0 spiro atoms. The fourth-order valence-electron chi connectivity index (χ4n) is 2.88. The van der Waals surface area contributed by atoms with E-state index in [1.54, 1.807) is 23.9 Å². The van der Waals surface area contributed by atoms with E-state index in [-0.39, 0.29) is 6.61 Å². The first-order valence-electron chi connectivity index (χ1n) is 9.12. The van der Waals surface area contributed by atoms with Crippen molar-refractivity contribution in [3.05, 3.63) is 100 Å². The summed E-state index contributed by atoms with van der Waals surface area (Å²) < 4.78 is 6.11. The van der Waals surface area contributed by atoms with Crippen LogP contribution in [0.5, 0.6) is 5.75 Å². The smallest absolute Gasteiger partial charge is 0.341 e. The molecule has 0 aromatic heterocycles. The van der Waals surface area contributed by atoms with E-state index >= 15 is 0 Å². The summed E-state index contributed by atoms with van der Waals surface area (Å²) in [5, 5.41) is 8.72. The third-order valence-electron chi connectivity index (χ3n) is 4.21.